The molecule has 0 bridgehead atoms. The molecule has 48 heavy (non-hydrogen) atoms. The molecule has 3 heterocycles. The third-order valence-corrected chi connectivity index (χ3v) is 14.0. The summed E-state index contributed by atoms with van der Waals surface area (Å²) < 4.78 is 42.7. The van der Waals surface area contributed by atoms with Crippen LogP contribution < -0.4 is 29.3 Å². The highest BCUT2D eigenvalue weighted by Gasteiger charge is 2.55. The first-order chi connectivity index (χ1) is 23.5. The van der Waals surface area contributed by atoms with Crippen LogP contribution in [0.1, 0.15) is 0 Å². The summed E-state index contributed by atoms with van der Waals surface area (Å²) in [6, 6.07) is 42.8. The summed E-state index contributed by atoms with van der Waals surface area (Å²) in [5, 5.41) is 31.7. The lowest BCUT2D eigenvalue weighted by Gasteiger charge is -2.33. The molecule has 8 rings (SSSR count). The van der Waals surface area contributed by atoms with E-state index >= 15 is 9.13 Å². The normalized spacial score (nSPS) is 19.2. The van der Waals surface area contributed by atoms with Crippen molar-refractivity contribution in [3.8, 4) is 0 Å². The van der Waals surface area contributed by atoms with Gasteiger partial charge in [0.1, 0.15) is 0 Å². The molecule has 0 spiro atoms. The molecular weight excluding hydrogens is 646 g/mol. The highest BCUT2D eigenvalue weighted by atomic mass is 31.2. The minimum Gasteiger partial charge on any atom is -0.409 e. The van der Waals surface area contributed by atoms with E-state index in [9.17, 15) is 5.21 Å². The molecule has 5 aromatic carbocycles. The molecule has 0 amide bonds. The van der Waals surface area contributed by atoms with Gasteiger partial charge in [-0.2, -0.15) is 0 Å². The third kappa shape index (κ3) is 4.24. The van der Waals surface area contributed by atoms with Gasteiger partial charge in [0.15, 0.2) is 5.84 Å². The Morgan fingerprint density at radius 3 is 1.23 bits per heavy atom. The standard InChI is InChI=1S/C34H26N8O4P2/c35-31-32(36-43)40(26-15-7-2-8-16-26)47(44,39(31)25-13-5-1-6-14-25)29-21-23-30(24-22-29)48(45)41(27-17-9-3-10-18-27)33-34(38-46-37-33)42(48)28-19-11-4-12-20-28/h1-24,35,43H/b35-31?,36-32+. The zero-order valence-electron chi connectivity index (χ0n) is 25.1. The number of amidine groups is 2. The van der Waals surface area contributed by atoms with Crippen molar-refractivity contribution in [2.45, 2.75) is 0 Å². The molecule has 1 fully saturated rings. The number of para-hydroxylation sites is 4. The molecule has 2 aliphatic rings. The lowest BCUT2D eigenvalue weighted by molar-refractivity contribution is 0.309. The van der Waals surface area contributed by atoms with E-state index in [0.717, 1.165) is 0 Å². The van der Waals surface area contributed by atoms with Crippen LogP contribution in [0.25, 0.3) is 0 Å². The number of aromatic nitrogens is 2. The highest BCUT2D eigenvalue weighted by Crippen LogP contribution is 2.69. The predicted octanol–water partition coefficient (Wildman–Crippen LogP) is 7.49. The van der Waals surface area contributed by atoms with E-state index in [2.05, 4.69) is 15.5 Å². The molecule has 1 unspecified atom stereocenters. The van der Waals surface area contributed by atoms with Gasteiger partial charge in [-0.1, -0.05) is 78.0 Å². The molecule has 0 saturated carbocycles. The monoisotopic (exact) mass is 672 g/mol. The Bertz CT molecular complexity index is 2190. The third-order valence-electron chi connectivity index (χ3n) is 8.18. The van der Waals surface area contributed by atoms with E-state index in [1.807, 2.05) is 72.8 Å². The first-order valence-corrected chi connectivity index (χ1v) is 18.1. The number of rotatable bonds is 6. The minimum atomic E-state index is -3.99. The summed E-state index contributed by atoms with van der Waals surface area (Å²) >= 11 is 0. The van der Waals surface area contributed by atoms with Crippen molar-refractivity contribution in [2.75, 3.05) is 18.7 Å². The molecular formula is C34H26N8O4P2. The van der Waals surface area contributed by atoms with Crippen molar-refractivity contribution in [3.05, 3.63) is 146 Å². The van der Waals surface area contributed by atoms with Crippen LogP contribution >= 0.6 is 14.9 Å². The minimum absolute atomic E-state index is 0.171. The lowest BCUT2D eigenvalue weighted by Crippen LogP contribution is -2.31. The molecule has 1 atom stereocenters. The SMILES string of the molecule is N=C1/C(=N\O)N(c2ccccc2)P(=O)(c2ccc(P3(=O)N(c4ccccc4)c4nonc4N3c3ccccc3)cc2)N1c1ccccc1. The van der Waals surface area contributed by atoms with Crippen molar-refractivity contribution < 1.29 is 19.0 Å². The fourth-order valence-corrected chi connectivity index (χ4v) is 11.8. The van der Waals surface area contributed by atoms with E-state index in [0.29, 0.717) is 45.0 Å². The van der Waals surface area contributed by atoms with Gasteiger partial charge in [-0.15, -0.1) is 0 Å². The van der Waals surface area contributed by atoms with Crippen molar-refractivity contribution >= 4 is 71.6 Å². The van der Waals surface area contributed by atoms with Gasteiger partial charge in [-0.3, -0.25) is 19.2 Å². The van der Waals surface area contributed by atoms with Crippen LogP contribution in [-0.4, -0.2) is 27.2 Å². The topological polar surface area (TPSA) is 142 Å². The predicted molar refractivity (Wildman–Crippen MR) is 187 cm³/mol. The number of benzene rings is 5. The van der Waals surface area contributed by atoms with Crippen molar-refractivity contribution in [3.63, 3.8) is 0 Å². The fourth-order valence-electron chi connectivity index (χ4n) is 6.13. The van der Waals surface area contributed by atoms with E-state index in [1.165, 1.54) is 9.34 Å². The largest absolute Gasteiger partial charge is 0.409 e. The average molecular weight is 673 g/mol. The Balaban J connectivity index is 1.32. The number of nitrogens with zero attached hydrogens (tertiary/aromatic N) is 7. The number of oxime groups is 1. The van der Waals surface area contributed by atoms with Gasteiger partial charge in [-0.25, -0.2) is 18.6 Å². The molecule has 2 aliphatic heterocycles. The maximum atomic E-state index is 15.8. The quantitative estimate of drug-likeness (QED) is 0.104. The van der Waals surface area contributed by atoms with E-state index < -0.39 is 14.9 Å². The maximum absolute atomic E-state index is 15.8. The molecule has 14 heteroatoms. The number of hydrogen-bond acceptors (Lipinski definition) is 8. The maximum Gasteiger partial charge on any atom is 0.304 e. The van der Waals surface area contributed by atoms with Crippen LogP contribution in [0.15, 0.2) is 155 Å². The molecule has 1 aromatic heterocycles. The highest BCUT2D eigenvalue weighted by molar-refractivity contribution is 7.78. The van der Waals surface area contributed by atoms with E-state index in [4.69, 9.17) is 10.0 Å². The second kappa shape index (κ2) is 11.4. The van der Waals surface area contributed by atoms with Crippen LogP contribution in [0.5, 0.6) is 0 Å². The Kier molecular flexibility index (Phi) is 6.98. The van der Waals surface area contributed by atoms with Gasteiger partial charge in [0.2, 0.25) is 17.5 Å². The second-order valence-corrected chi connectivity index (χ2v) is 15.7. The van der Waals surface area contributed by atoms with Gasteiger partial charge < -0.3 is 5.21 Å². The summed E-state index contributed by atoms with van der Waals surface area (Å²) in [6.07, 6.45) is 0. The molecule has 2 N–H and O–H groups in total. The fraction of sp³-hybridized carbons (Fsp3) is 0. The molecule has 0 aliphatic carbocycles. The van der Waals surface area contributed by atoms with Crippen molar-refractivity contribution in [1.82, 2.24) is 10.3 Å². The Hall–Kier alpha value is -5.96. The molecule has 236 valence electrons. The number of nitrogens with one attached hydrogen (secondary N) is 1. The van der Waals surface area contributed by atoms with Crippen molar-refractivity contribution in [1.29, 1.82) is 5.41 Å². The molecule has 6 aromatic rings. The number of fused-ring (bicyclic) bond motifs is 1. The molecule has 1 saturated heterocycles. The van der Waals surface area contributed by atoms with Gasteiger partial charge in [0.05, 0.1) is 33.4 Å². The summed E-state index contributed by atoms with van der Waals surface area (Å²) in [4.78, 5) is 0. The zero-order valence-corrected chi connectivity index (χ0v) is 26.8. The number of anilines is 6. The van der Waals surface area contributed by atoms with E-state index in [1.54, 1.807) is 82.1 Å². The summed E-state index contributed by atoms with van der Waals surface area (Å²) in [5.41, 5.74) is 2.18. The van der Waals surface area contributed by atoms with Crippen LogP contribution in [-0.2, 0) is 9.13 Å². The zero-order chi connectivity index (χ0) is 32.9. The smallest absolute Gasteiger partial charge is 0.304 e. The second-order valence-electron chi connectivity index (χ2n) is 10.9. The van der Waals surface area contributed by atoms with Crippen LogP contribution in [0, 0.1) is 5.41 Å². The molecule has 0 radical (unpaired) electrons. The Morgan fingerprint density at radius 2 is 0.854 bits per heavy atom. The average Bonchev–Trinajstić information content (AvgIpc) is 3.77. The Labute approximate surface area is 275 Å². The van der Waals surface area contributed by atoms with Crippen molar-refractivity contribution in [2.24, 2.45) is 5.16 Å². The van der Waals surface area contributed by atoms with E-state index in [-0.39, 0.29) is 11.7 Å². The van der Waals surface area contributed by atoms with Gasteiger partial charge >= 0.3 is 14.9 Å². The van der Waals surface area contributed by atoms with Gasteiger partial charge in [-0.05, 0) is 83.1 Å². The summed E-state index contributed by atoms with van der Waals surface area (Å²) in [6.45, 7) is 0. The first kappa shape index (κ1) is 29.4. The van der Waals surface area contributed by atoms with Crippen LogP contribution in [0.2, 0.25) is 0 Å². The summed E-state index contributed by atoms with van der Waals surface area (Å²) in [5.74, 6) is 0.181. The number of hydrogen-bond donors (Lipinski definition) is 2. The first-order valence-electron chi connectivity index (χ1n) is 14.9. The lowest BCUT2D eigenvalue weighted by atomic mass is 10.3. The van der Waals surface area contributed by atoms with Crippen LogP contribution in [0.3, 0.4) is 0 Å². The summed E-state index contributed by atoms with van der Waals surface area (Å²) in [7, 11) is -7.80. The Morgan fingerprint density at radius 1 is 0.521 bits per heavy atom. The van der Waals surface area contributed by atoms with Gasteiger partial charge in [0.25, 0.3) is 0 Å². The van der Waals surface area contributed by atoms with Gasteiger partial charge in [0, 0.05) is 0 Å². The molecule has 12 nitrogen and oxygen atoms in total. The van der Waals surface area contributed by atoms with Crippen LogP contribution in [0.4, 0.5) is 34.4 Å².